The molecule has 0 radical (unpaired) electrons. The number of carbonyl (C=O) groups excluding carboxylic acids is 2. The average Bonchev–Trinajstić information content (AvgIpc) is 2.54. The summed E-state index contributed by atoms with van der Waals surface area (Å²) >= 11 is 0. The predicted molar refractivity (Wildman–Crippen MR) is 88.6 cm³/mol. The van der Waals surface area contributed by atoms with E-state index >= 15 is 0 Å². The molecule has 0 aliphatic rings. The van der Waals surface area contributed by atoms with Gasteiger partial charge in [-0.3, -0.25) is 10.1 Å². The maximum atomic E-state index is 12.1. The largest absolute Gasteiger partial charge is 0.422 e. The van der Waals surface area contributed by atoms with Gasteiger partial charge < -0.3 is 9.15 Å². The Morgan fingerprint density at radius 3 is 2.62 bits per heavy atom. The first kappa shape index (κ1) is 15.5. The maximum Gasteiger partial charge on any atom is 0.417 e. The Kier molecular flexibility index (Phi) is 4.11. The summed E-state index contributed by atoms with van der Waals surface area (Å²) < 4.78 is 10.3. The Labute approximate surface area is 136 Å². The second-order valence-corrected chi connectivity index (χ2v) is 5.08. The Morgan fingerprint density at radius 2 is 1.83 bits per heavy atom. The predicted octanol–water partition coefficient (Wildman–Crippen LogP) is 3.61. The van der Waals surface area contributed by atoms with Gasteiger partial charge in [0, 0.05) is 11.3 Å². The Bertz CT molecular complexity index is 990. The molecule has 1 N–H and O–H groups in total. The van der Waals surface area contributed by atoms with E-state index in [1.165, 1.54) is 6.92 Å². The minimum atomic E-state index is -0.772. The van der Waals surface area contributed by atoms with E-state index in [0.717, 1.165) is 6.07 Å². The number of nitrogens with one attached hydrogen (secondary N) is 1. The van der Waals surface area contributed by atoms with Crippen LogP contribution >= 0.6 is 0 Å². The van der Waals surface area contributed by atoms with Gasteiger partial charge in [-0.25, -0.2) is 9.59 Å². The molecule has 0 saturated carbocycles. The van der Waals surface area contributed by atoms with E-state index in [4.69, 9.17) is 9.15 Å². The van der Waals surface area contributed by atoms with Crippen LogP contribution in [0, 0.1) is 0 Å². The van der Waals surface area contributed by atoms with Gasteiger partial charge in [-0.15, -0.1) is 0 Å². The third-order valence-corrected chi connectivity index (χ3v) is 3.33. The minimum absolute atomic E-state index is 0.0991. The SMILES string of the molecule is CC(=O)c1cccc(NC(=O)Oc2cc(=O)oc3ccccc23)c1. The fraction of sp³-hybridized carbons (Fsp3) is 0.0556. The Morgan fingerprint density at radius 1 is 1.04 bits per heavy atom. The lowest BCUT2D eigenvalue weighted by molar-refractivity contribution is 0.101. The van der Waals surface area contributed by atoms with Gasteiger partial charge in [-0.1, -0.05) is 24.3 Å². The maximum absolute atomic E-state index is 12.1. The third kappa shape index (κ3) is 3.33. The molecule has 6 heteroatoms. The number of ketones is 1. The molecule has 1 heterocycles. The van der Waals surface area contributed by atoms with Crippen molar-refractivity contribution in [2.75, 3.05) is 5.32 Å². The molecule has 0 spiro atoms. The molecule has 6 nitrogen and oxygen atoms in total. The minimum Gasteiger partial charge on any atom is -0.422 e. The molecular formula is C18H13NO5. The number of fused-ring (bicyclic) bond motifs is 1. The number of anilines is 1. The summed E-state index contributed by atoms with van der Waals surface area (Å²) in [6.07, 6.45) is -0.772. The lowest BCUT2D eigenvalue weighted by atomic mass is 10.1. The summed E-state index contributed by atoms with van der Waals surface area (Å²) in [4.78, 5) is 35.0. The summed E-state index contributed by atoms with van der Waals surface area (Å²) in [6.45, 7) is 1.44. The highest BCUT2D eigenvalue weighted by Gasteiger charge is 2.11. The molecule has 2 aromatic carbocycles. The van der Waals surface area contributed by atoms with Gasteiger partial charge in [-0.05, 0) is 31.2 Å². The van der Waals surface area contributed by atoms with Gasteiger partial charge in [0.1, 0.15) is 5.58 Å². The number of carbonyl (C=O) groups is 2. The smallest absolute Gasteiger partial charge is 0.417 e. The van der Waals surface area contributed by atoms with E-state index in [9.17, 15) is 14.4 Å². The molecule has 0 unspecified atom stereocenters. The van der Waals surface area contributed by atoms with Crippen molar-refractivity contribution in [1.29, 1.82) is 0 Å². The summed E-state index contributed by atoms with van der Waals surface area (Å²) in [5, 5.41) is 3.03. The van der Waals surface area contributed by atoms with Gasteiger partial charge in [-0.2, -0.15) is 0 Å². The van der Waals surface area contributed by atoms with E-state index in [1.807, 2.05) is 0 Å². The van der Waals surface area contributed by atoms with Gasteiger partial charge in [0.15, 0.2) is 11.5 Å². The van der Waals surface area contributed by atoms with Gasteiger partial charge in [0.05, 0.1) is 11.5 Å². The molecule has 0 bridgehead atoms. The van der Waals surface area contributed by atoms with Crippen molar-refractivity contribution >= 4 is 28.5 Å². The van der Waals surface area contributed by atoms with E-state index < -0.39 is 11.7 Å². The summed E-state index contributed by atoms with van der Waals surface area (Å²) in [7, 11) is 0. The number of hydrogen-bond acceptors (Lipinski definition) is 5. The van der Waals surface area contributed by atoms with E-state index in [1.54, 1.807) is 48.5 Å². The number of para-hydroxylation sites is 1. The van der Waals surface area contributed by atoms with Crippen LogP contribution in [0.5, 0.6) is 5.75 Å². The van der Waals surface area contributed by atoms with Crippen LogP contribution in [-0.4, -0.2) is 11.9 Å². The topological polar surface area (TPSA) is 85.6 Å². The van der Waals surface area contributed by atoms with Crippen molar-refractivity contribution in [3.05, 3.63) is 70.6 Å². The fourth-order valence-corrected chi connectivity index (χ4v) is 2.23. The third-order valence-electron chi connectivity index (χ3n) is 3.33. The first-order chi connectivity index (χ1) is 11.5. The molecule has 24 heavy (non-hydrogen) atoms. The van der Waals surface area contributed by atoms with Crippen LogP contribution in [0.15, 0.2) is 63.8 Å². The molecule has 0 fully saturated rings. The van der Waals surface area contributed by atoms with Crippen molar-refractivity contribution in [3.63, 3.8) is 0 Å². The van der Waals surface area contributed by atoms with Gasteiger partial charge >= 0.3 is 11.7 Å². The Hall–Kier alpha value is -3.41. The standard InChI is InChI=1S/C18H13NO5/c1-11(20)12-5-4-6-13(9-12)19-18(22)24-16-10-17(21)23-15-8-3-2-7-14(15)16/h2-10H,1H3,(H,19,22). The van der Waals surface area contributed by atoms with Gasteiger partial charge in [0.25, 0.3) is 0 Å². The summed E-state index contributed by atoms with van der Waals surface area (Å²) in [5.74, 6) is -0.0132. The van der Waals surface area contributed by atoms with Gasteiger partial charge in [0.2, 0.25) is 0 Å². The molecule has 120 valence electrons. The monoisotopic (exact) mass is 323 g/mol. The van der Waals surface area contributed by atoms with E-state index in [0.29, 0.717) is 22.2 Å². The first-order valence-electron chi connectivity index (χ1n) is 7.15. The van der Waals surface area contributed by atoms with Crippen molar-refractivity contribution in [1.82, 2.24) is 0 Å². The number of rotatable bonds is 3. The van der Waals surface area contributed by atoms with Crippen LogP contribution < -0.4 is 15.7 Å². The molecule has 0 atom stereocenters. The highest BCUT2D eigenvalue weighted by atomic mass is 16.6. The zero-order chi connectivity index (χ0) is 17.1. The molecule has 3 aromatic rings. The lowest BCUT2D eigenvalue weighted by Crippen LogP contribution is -2.18. The summed E-state index contributed by atoms with van der Waals surface area (Å²) in [6, 6.07) is 14.3. The van der Waals surface area contributed by atoms with Crippen molar-refractivity contribution in [2.24, 2.45) is 0 Å². The second-order valence-electron chi connectivity index (χ2n) is 5.08. The summed E-state index contributed by atoms with van der Waals surface area (Å²) in [5.41, 5.74) is 0.597. The normalized spacial score (nSPS) is 10.4. The van der Waals surface area contributed by atoms with Crippen molar-refractivity contribution in [2.45, 2.75) is 6.92 Å². The van der Waals surface area contributed by atoms with E-state index in [2.05, 4.69) is 5.32 Å². The second kappa shape index (κ2) is 6.37. The molecule has 0 aliphatic heterocycles. The highest BCUT2D eigenvalue weighted by Crippen LogP contribution is 2.23. The zero-order valence-corrected chi connectivity index (χ0v) is 12.7. The van der Waals surface area contributed by atoms with Crippen LogP contribution in [0.1, 0.15) is 17.3 Å². The molecule has 3 rings (SSSR count). The fourth-order valence-electron chi connectivity index (χ4n) is 2.23. The molecule has 1 amide bonds. The number of benzene rings is 2. The highest BCUT2D eigenvalue weighted by molar-refractivity contribution is 5.96. The number of hydrogen-bond donors (Lipinski definition) is 1. The number of ether oxygens (including phenoxy) is 1. The van der Waals surface area contributed by atoms with Crippen LogP contribution in [0.3, 0.4) is 0 Å². The molecule has 1 aromatic heterocycles. The van der Waals surface area contributed by atoms with Crippen LogP contribution in [0.4, 0.5) is 10.5 Å². The van der Waals surface area contributed by atoms with Crippen LogP contribution in [0.2, 0.25) is 0 Å². The molecular weight excluding hydrogens is 310 g/mol. The molecule has 0 saturated heterocycles. The lowest BCUT2D eigenvalue weighted by Gasteiger charge is -2.08. The van der Waals surface area contributed by atoms with E-state index in [-0.39, 0.29) is 11.5 Å². The zero-order valence-electron chi connectivity index (χ0n) is 12.7. The first-order valence-corrected chi connectivity index (χ1v) is 7.15. The average molecular weight is 323 g/mol. The number of amides is 1. The number of Topliss-reactive ketones (excluding diaryl/α,β-unsaturated/α-hetero) is 1. The van der Waals surface area contributed by atoms with Crippen LogP contribution in [0.25, 0.3) is 11.0 Å². The molecule has 0 aliphatic carbocycles. The van der Waals surface area contributed by atoms with Crippen LogP contribution in [-0.2, 0) is 0 Å². The Balaban J connectivity index is 1.84. The van der Waals surface area contributed by atoms with Crippen molar-refractivity contribution in [3.8, 4) is 5.75 Å². The quantitative estimate of drug-likeness (QED) is 0.588. The van der Waals surface area contributed by atoms with Crippen molar-refractivity contribution < 1.29 is 18.7 Å².